The minimum atomic E-state index is 0. The fraction of sp³-hybridized carbons (Fsp3) is 0.706. The Bertz CT molecular complexity index is 911. The molecule has 230 valence electrons. The van der Waals surface area contributed by atoms with Crippen molar-refractivity contribution in [2.24, 2.45) is 5.92 Å². The molecule has 0 amide bonds. The van der Waals surface area contributed by atoms with Gasteiger partial charge in [-0.3, -0.25) is 4.90 Å². The van der Waals surface area contributed by atoms with Gasteiger partial charge in [0.25, 0.3) is 5.82 Å². The third-order valence-electron chi connectivity index (χ3n) is 8.10. The van der Waals surface area contributed by atoms with Crippen LogP contribution in [0.1, 0.15) is 110 Å². The van der Waals surface area contributed by atoms with Gasteiger partial charge >= 0.3 is 0 Å². The SMILES string of the molecule is CCCCCCc1cc(N(C)C)cc[n+]1CC.CCCCCCc1ccc[n+](CC)c1N1CCC(C)CC1.[Cl-].[Cl-]. The minimum Gasteiger partial charge on any atom is -1.00 e. The van der Waals surface area contributed by atoms with Gasteiger partial charge in [0.15, 0.2) is 11.9 Å². The van der Waals surface area contributed by atoms with E-state index < -0.39 is 0 Å². The molecule has 0 unspecified atom stereocenters. The van der Waals surface area contributed by atoms with Crippen LogP contribution in [-0.2, 0) is 25.9 Å². The van der Waals surface area contributed by atoms with Crippen molar-refractivity contribution >= 4 is 11.5 Å². The van der Waals surface area contributed by atoms with Gasteiger partial charge in [0.05, 0.1) is 25.8 Å². The summed E-state index contributed by atoms with van der Waals surface area (Å²) in [5.74, 6) is 2.40. The standard InChI is InChI=1S/C19H33N2.C15H27N2.2ClH/c1-4-6-7-8-10-18-11-9-14-20(5-2)19(18)21-15-12-17(3)13-16-21;1-5-7-8-9-10-15-13-14(16(3)4)11-12-17(15)6-2;;/h9,11,14,17H,4-8,10,12-13,15-16H2,1-3H3;11-13H,5-10H2,1-4H3;2*1H/q2*+1;;/p-2. The molecule has 0 aliphatic carbocycles. The molecule has 0 atom stereocenters. The molecule has 1 fully saturated rings. The second kappa shape index (κ2) is 22.1. The zero-order valence-corrected chi connectivity index (χ0v) is 28.4. The van der Waals surface area contributed by atoms with Crippen molar-refractivity contribution in [1.29, 1.82) is 0 Å². The van der Waals surface area contributed by atoms with E-state index in [0.717, 1.165) is 19.0 Å². The Labute approximate surface area is 260 Å². The van der Waals surface area contributed by atoms with Crippen LogP contribution < -0.4 is 43.7 Å². The van der Waals surface area contributed by atoms with E-state index in [9.17, 15) is 0 Å². The van der Waals surface area contributed by atoms with Crippen molar-refractivity contribution in [2.75, 3.05) is 37.0 Å². The Morgan fingerprint density at radius 1 is 0.775 bits per heavy atom. The molecule has 2 aromatic rings. The molecule has 0 N–H and O–H groups in total. The number of unbranched alkanes of at least 4 members (excludes halogenated alkanes) is 6. The first-order chi connectivity index (χ1) is 18.4. The quantitative estimate of drug-likeness (QED) is 0.243. The highest BCUT2D eigenvalue weighted by atomic mass is 35.5. The third kappa shape index (κ3) is 13.0. The number of halogens is 2. The molecule has 2 aromatic heterocycles. The maximum atomic E-state index is 2.64. The van der Waals surface area contributed by atoms with Crippen LogP contribution in [0.15, 0.2) is 36.7 Å². The highest BCUT2D eigenvalue weighted by Gasteiger charge is 2.27. The lowest BCUT2D eigenvalue weighted by molar-refractivity contribution is -0.700. The van der Waals surface area contributed by atoms with Crippen molar-refractivity contribution in [3.05, 3.63) is 47.9 Å². The number of hydrogen-bond donors (Lipinski definition) is 0. The monoisotopic (exact) mass is 594 g/mol. The number of piperidine rings is 1. The van der Waals surface area contributed by atoms with Crippen molar-refractivity contribution in [3.63, 3.8) is 0 Å². The maximum Gasteiger partial charge on any atom is 0.279 e. The smallest absolute Gasteiger partial charge is 0.279 e. The zero-order valence-electron chi connectivity index (χ0n) is 26.9. The first-order valence-corrected chi connectivity index (χ1v) is 15.9. The molecule has 1 aliphatic rings. The van der Waals surface area contributed by atoms with Gasteiger partial charge in [-0.1, -0.05) is 59.3 Å². The molecule has 1 saturated heterocycles. The molecular formula is C34H60Cl2N4. The van der Waals surface area contributed by atoms with Crippen LogP contribution in [0.2, 0.25) is 0 Å². The lowest BCUT2D eigenvalue weighted by Gasteiger charge is -2.28. The predicted molar refractivity (Wildman–Crippen MR) is 165 cm³/mol. The third-order valence-corrected chi connectivity index (χ3v) is 8.10. The molecule has 4 nitrogen and oxygen atoms in total. The average molecular weight is 596 g/mol. The molecule has 3 heterocycles. The molecular weight excluding hydrogens is 535 g/mol. The summed E-state index contributed by atoms with van der Waals surface area (Å²) in [6.07, 6.45) is 20.3. The Balaban J connectivity index is 0.000000740. The molecule has 0 saturated carbocycles. The van der Waals surface area contributed by atoms with Crippen LogP contribution in [-0.4, -0.2) is 27.2 Å². The van der Waals surface area contributed by atoms with E-state index in [1.807, 2.05) is 0 Å². The van der Waals surface area contributed by atoms with Gasteiger partial charge < -0.3 is 29.7 Å². The second-order valence-corrected chi connectivity index (χ2v) is 11.5. The van der Waals surface area contributed by atoms with Gasteiger partial charge in [0, 0.05) is 43.9 Å². The van der Waals surface area contributed by atoms with Gasteiger partial charge in [-0.25, -0.2) is 9.13 Å². The summed E-state index contributed by atoms with van der Waals surface area (Å²) in [4.78, 5) is 4.81. The van der Waals surface area contributed by atoms with E-state index >= 15 is 0 Å². The molecule has 40 heavy (non-hydrogen) atoms. The number of aryl methyl sites for hydroxylation is 4. The van der Waals surface area contributed by atoms with Crippen LogP contribution in [0.25, 0.3) is 0 Å². The summed E-state index contributed by atoms with van der Waals surface area (Å²) in [5.41, 5.74) is 4.33. The highest BCUT2D eigenvalue weighted by molar-refractivity contribution is 5.44. The van der Waals surface area contributed by atoms with E-state index in [2.05, 4.69) is 104 Å². The number of aromatic nitrogens is 2. The average Bonchev–Trinajstić information content (AvgIpc) is 2.94. The van der Waals surface area contributed by atoms with Crippen LogP contribution in [0.3, 0.4) is 0 Å². The predicted octanol–water partition coefficient (Wildman–Crippen LogP) is 1.54. The fourth-order valence-corrected chi connectivity index (χ4v) is 5.49. The molecule has 1 aliphatic heterocycles. The van der Waals surface area contributed by atoms with Crippen molar-refractivity contribution < 1.29 is 33.9 Å². The first-order valence-electron chi connectivity index (χ1n) is 15.9. The molecule has 0 radical (unpaired) electrons. The summed E-state index contributed by atoms with van der Waals surface area (Å²) in [7, 11) is 4.21. The van der Waals surface area contributed by atoms with Gasteiger partial charge in [0.2, 0.25) is 0 Å². The Morgan fingerprint density at radius 2 is 1.38 bits per heavy atom. The maximum absolute atomic E-state index is 2.64. The lowest BCUT2D eigenvalue weighted by atomic mass is 9.98. The molecule has 0 aromatic carbocycles. The number of nitrogens with zero attached hydrogens (tertiary/aromatic N) is 4. The van der Waals surface area contributed by atoms with E-state index in [1.54, 1.807) is 5.56 Å². The zero-order chi connectivity index (χ0) is 27.8. The van der Waals surface area contributed by atoms with Gasteiger partial charge in [0.1, 0.15) is 6.54 Å². The van der Waals surface area contributed by atoms with E-state index in [1.165, 1.54) is 107 Å². The Kier molecular flexibility index (Phi) is 21.3. The summed E-state index contributed by atoms with van der Waals surface area (Å²) >= 11 is 0. The Morgan fingerprint density at radius 3 is 1.93 bits per heavy atom. The fourth-order valence-electron chi connectivity index (χ4n) is 5.49. The van der Waals surface area contributed by atoms with Gasteiger partial charge in [-0.15, -0.1) is 0 Å². The van der Waals surface area contributed by atoms with Crippen molar-refractivity contribution in [2.45, 2.75) is 125 Å². The second-order valence-electron chi connectivity index (χ2n) is 11.5. The summed E-state index contributed by atoms with van der Waals surface area (Å²) in [6.45, 7) is 16.0. The summed E-state index contributed by atoms with van der Waals surface area (Å²) < 4.78 is 4.81. The highest BCUT2D eigenvalue weighted by Crippen LogP contribution is 2.24. The van der Waals surface area contributed by atoms with Crippen LogP contribution >= 0.6 is 0 Å². The minimum absolute atomic E-state index is 0. The topological polar surface area (TPSA) is 14.2 Å². The molecule has 3 rings (SSSR count). The van der Waals surface area contributed by atoms with Crippen LogP contribution in [0.4, 0.5) is 11.5 Å². The number of rotatable bonds is 14. The van der Waals surface area contributed by atoms with Crippen LogP contribution in [0.5, 0.6) is 0 Å². The number of pyridine rings is 2. The van der Waals surface area contributed by atoms with Gasteiger partial charge in [-0.2, -0.15) is 0 Å². The summed E-state index contributed by atoms with van der Waals surface area (Å²) in [6, 6.07) is 9.11. The normalized spacial score (nSPS) is 13.1. The molecule has 0 spiro atoms. The van der Waals surface area contributed by atoms with E-state index in [0.29, 0.717) is 0 Å². The summed E-state index contributed by atoms with van der Waals surface area (Å²) in [5, 5.41) is 0. The Hall–Kier alpha value is -1.52. The first kappa shape index (κ1) is 38.5. The number of hydrogen-bond acceptors (Lipinski definition) is 2. The number of anilines is 2. The largest absolute Gasteiger partial charge is 1.00 e. The molecule has 0 bridgehead atoms. The van der Waals surface area contributed by atoms with Crippen molar-refractivity contribution in [1.82, 2.24) is 0 Å². The molecule has 6 heteroatoms. The lowest BCUT2D eigenvalue weighted by Crippen LogP contribution is -3.00. The van der Waals surface area contributed by atoms with Gasteiger partial charge in [-0.05, 0) is 64.0 Å². The van der Waals surface area contributed by atoms with E-state index in [4.69, 9.17) is 0 Å². The van der Waals surface area contributed by atoms with Crippen molar-refractivity contribution in [3.8, 4) is 0 Å². The van der Waals surface area contributed by atoms with Crippen LogP contribution in [0, 0.1) is 5.92 Å². The van der Waals surface area contributed by atoms with E-state index in [-0.39, 0.29) is 24.8 Å².